The molecule has 5 N–H and O–H groups in total. The minimum Gasteiger partial charge on any atom is -0.330 e. The number of nitrogens with zero attached hydrogens (tertiary/aromatic N) is 6. The van der Waals surface area contributed by atoms with Gasteiger partial charge >= 0.3 is 0 Å². The van der Waals surface area contributed by atoms with Gasteiger partial charge in [-0.2, -0.15) is 10.2 Å². The van der Waals surface area contributed by atoms with E-state index in [-0.39, 0.29) is 5.91 Å². The molecule has 0 unspecified atom stereocenters. The maximum Gasteiger partial charge on any atom is 0.260 e. The normalized spacial score (nSPS) is 11.0. The molecular formula is C20H18N10OS. The average Bonchev–Trinajstić information content (AvgIpc) is 3.55. The highest BCUT2D eigenvalue weighted by Gasteiger charge is 2.12. The van der Waals surface area contributed by atoms with E-state index in [1.165, 1.54) is 17.5 Å². The number of amides is 1. The first kappa shape index (κ1) is 19.8. The van der Waals surface area contributed by atoms with E-state index in [1.54, 1.807) is 29.3 Å². The largest absolute Gasteiger partial charge is 0.330 e. The van der Waals surface area contributed by atoms with Crippen molar-refractivity contribution in [1.82, 2.24) is 35.2 Å². The molecule has 0 fully saturated rings. The number of aromatic amines is 1. The number of hydrogen-bond donors (Lipinski definition) is 4. The van der Waals surface area contributed by atoms with Crippen molar-refractivity contribution in [2.75, 3.05) is 17.2 Å². The lowest BCUT2D eigenvalue weighted by Crippen LogP contribution is -2.13. The second-order valence-electron chi connectivity index (χ2n) is 6.87. The fraction of sp³-hybridized carbons (Fsp3) is 0.100. The minimum absolute atomic E-state index is 0.299. The summed E-state index contributed by atoms with van der Waals surface area (Å²) in [6.07, 6.45) is 6.53. The number of nitrogens with two attached hydrogens (primary N) is 1. The number of rotatable bonds is 7. The molecule has 0 spiro atoms. The van der Waals surface area contributed by atoms with Crippen LogP contribution in [0, 0.1) is 0 Å². The summed E-state index contributed by atoms with van der Waals surface area (Å²) in [5.74, 6) is 0.112. The Kier molecular flexibility index (Phi) is 5.27. The van der Waals surface area contributed by atoms with Crippen LogP contribution in [0.3, 0.4) is 0 Å². The van der Waals surface area contributed by atoms with Crippen LogP contribution in [0.1, 0.15) is 10.4 Å². The van der Waals surface area contributed by atoms with E-state index in [9.17, 15) is 4.79 Å². The van der Waals surface area contributed by atoms with E-state index in [4.69, 9.17) is 5.73 Å². The summed E-state index contributed by atoms with van der Waals surface area (Å²) in [5, 5.41) is 27.9. The maximum atomic E-state index is 12.5. The zero-order valence-corrected chi connectivity index (χ0v) is 17.5. The van der Waals surface area contributed by atoms with Gasteiger partial charge in [0, 0.05) is 35.6 Å². The Morgan fingerprint density at radius 1 is 1.19 bits per heavy atom. The third kappa shape index (κ3) is 4.17. The zero-order chi connectivity index (χ0) is 21.9. The van der Waals surface area contributed by atoms with Gasteiger partial charge in [0.25, 0.3) is 5.91 Å². The summed E-state index contributed by atoms with van der Waals surface area (Å²) in [6, 6.07) is 9.44. The van der Waals surface area contributed by atoms with Crippen molar-refractivity contribution in [1.29, 1.82) is 0 Å². The number of H-pyrrole nitrogens is 1. The average molecular weight is 447 g/mol. The molecule has 0 bridgehead atoms. The molecule has 0 radical (unpaired) electrons. The van der Waals surface area contributed by atoms with E-state index in [1.807, 2.05) is 24.3 Å². The Balaban J connectivity index is 1.29. The molecule has 160 valence electrons. The first-order chi connectivity index (χ1) is 15.7. The molecule has 4 heterocycles. The van der Waals surface area contributed by atoms with Crippen LogP contribution < -0.4 is 16.4 Å². The maximum absolute atomic E-state index is 12.5. The SMILES string of the molecule is NCCn1cc(C(=O)Nc2cc(-c3nnc(Nc4ccc5[nH]ncc5c4)s3)ccn2)cn1. The highest BCUT2D eigenvalue weighted by molar-refractivity contribution is 7.18. The summed E-state index contributed by atoms with van der Waals surface area (Å²) >= 11 is 1.40. The number of pyridine rings is 1. The Bertz CT molecular complexity index is 1390. The fourth-order valence-electron chi connectivity index (χ4n) is 3.09. The summed E-state index contributed by atoms with van der Waals surface area (Å²) in [6.45, 7) is 0.993. The Morgan fingerprint density at radius 2 is 2.12 bits per heavy atom. The van der Waals surface area contributed by atoms with Crippen molar-refractivity contribution in [2.24, 2.45) is 5.73 Å². The van der Waals surface area contributed by atoms with Gasteiger partial charge in [0.1, 0.15) is 10.8 Å². The van der Waals surface area contributed by atoms with Gasteiger partial charge in [-0.1, -0.05) is 11.3 Å². The van der Waals surface area contributed by atoms with Crippen LogP contribution in [0.15, 0.2) is 55.1 Å². The van der Waals surface area contributed by atoms with Gasteiger partial charge in [0.15, 0.2) is 0 Å². The van der Waals surface area contributed by atoms with Crippen LogP contribution in [0.4, 0.5) is 16.6 Å². The van der Waals surface area contributed by atoms with Crippen molar-refractivity contribution < 1.29 is 4.79 Å². The molecule has 5 aromatic rings. The third-order valence-electron chi connectivity index (χ3n) is 4.62. The van der Waals surface area contributed by atoms with Gasteiger partial charge < -0.3 is 16.4 Å². The molecule has 0 saturated heterocycles. The van der Waals surface area contributed by atoms with Crippen molar-refractivity contribution in [2.45, 2.75) is 6.54 Å². The van der Waals surface area contributed by atoms with Gasteiger partial charge in [-0.25, -0.2) is 4.98 Å². The molecule has 12 heteroatoms. The summed E-state index contributed by atoms with van der Waals surface area (Å²) in [5.41, 5.74) is 8.60. The molecule has 4 aromatic heterocycles. The second kappa shape index (κ2) is 8.53. The standard InChI is InChI=1S/C20H18N10OS/c21-4-6-30-11-14(10-24-30)18(31)26-17-8-12(3-5-22-17)19-28-29-20(32-19)25-15-1-2-16-13(7-15)9-23-27-16/h1-3,5,7-11H,4,6,21H2,(H,23,27)(H,25,29)(H,22,26,31). The Morgan fingerprint density at radius 3 is 3.03 bits per heavy atom. The van der Waals surface area contributed by atoms with Crippen LogP contribution >= 0.6 is 11.3 Å². The highest BCUT2D eigenvalue weighted by Crippen LogP contribution is 2.30. The van der Waals surface area contributed by atoms with Gasteiger partial charge in [0.05, 0.1) is 30.0 Å². The number of anilines is 3. The molecule has 0 saturated carbocycles. The molecule has 0 aliphatic rings. The van der Waals surface area contributed by atoms with Crippen LogP contribution in [0.5, 0.6) is 0 Å². The summed E-state index contributed by atoms with van der Waals surface area (Å²) < 4.78 is 1.62. The molecule has 0 aliphatic heterocycles. The quantitative estimate of drug-likeness (QED) is 0.298. The third-order valence-corrected chi connectivity index (χ3v) is 5.51. The number of nitrogens with one attached hydrogen (secondary N) is 3. The molecule has 32 heavy (non-hydrogen) atoms. The lowest BCUT2D eigenvalue weighted by atomic mass is 10.2. The molecule has 1 amide bonds. The van der Waals surface area contributed by atoms with Crippen LogP contribution in [0.2, 0.25) is 0 Å². The topological polar surface area (TPSA) is 152 Å². The molecule has 0 aliphatic carbocycles. The number of hydrogen-bond acceptors (Lipinski definition) is 9. The van der Waals surface area contributed by atoms with Gasteiger partial charge in [-0.15, -0.1) is 10.2 Å². The van der Waals surface area contributed by atoms with Crippen molar-refractivity contribution in [3.63, 3.8) is 0 Å². The van der Waals surface area contributed by atoms with E-state index in [0.29, 0.717) is 34.6 Å². The number of fused-ring (bicyclic) bond motifs is 1. The Labute approximate surface area is 185 Å². The molecular weight excluding hydrogens is 428 g/mol. The van der Waals surface area contributed by atoms with Crippen LogP contribution in [-0.4, -0.2) is 47.6 Å². The number of carbonyl (C=O) groups excluding carboxylic acids is 1. The number of aromatic nitrogens is 7. The van der Waals surface area contributed by atoms with E-state index >= 15 is 0 Å². The summed E-state index contributed by atoms with van der Waals surface area (Å²) in [7, 11) is 0. The lowest BCUT2D eigenvalue weighted by molar-refractivity contribution is 0.102. The molecule has 11 nitrogen and oxygen atoms in total. The van der Waals surface area contributed by atoms with Gasteiger partial charge in [0.2, 0.25) is 5.13 Å². The van der Waals surface area contributed by atoms with Gasteiger partial charge in [-0.05, 0) is 30.3 Å². The fourth-order valence-corrected chi connectivity index (χ4v) is 3.85. The van der Waals surface area contributed by atoms with Crippen molar-refractivity contribution >= 4 is 44.8 Å². The zero-order valence-electron chi connectivity index (χ0n) is 16.7. The molecule has 0 atom stereocenters. The smallest absolute Gasteiger partial charge is 0.260 e. The first-order valence-corrected chi connectivity index (χ1v) is 10.5. The second-order valence-corrected chi connectivity index (χ2v) is 7.85. The number of carbonyl (C=O) groups is 1. The van der Waals surface area contributed by atoms with Crippen LogP contribution in [-0.2, 0) is 6.54 Å². The monoisotopic (exact) mass is 446 g/mol. The van der Waals surface area contributed by atoms with Gasteiger partial charge in [-0.3, -0.25) is 14.6 Å². The minimum atomic E-state index is -0.299. The van der Waals surface area contributed by atoms with Crippen molar-refractivity contribution in [3.05, 3.63) is 60.7 Å². The van der Waals surface area contributed by atoms with E-state index < -0.39 is 0 Å². The molecule has 5 rings (SSSR count). The lowest BCUT2D eigenvalue weighted by Gasteiger charge is -2.04. The Hall–Kier alpha value is -4.16. The van der Waals surface area contributed by atoms with E-state index in [2.05, 4.69) is 41.1 Å². The van der Waals surface area contributed by atoms with E-state index in [0.717, 1.165) is 22.2 Å². The van der Waals surface area contributed by atoms with Crippen molar-refractivity contribution in [3.8, 4) is 10.6 Å². The predicted octanol–water partition coefficient (Wildman–Crippen LogP) is 2.63. The van der Waals surface area contributed by atoms with Crippen LogP contribution in [0.25, 0.3) is 21.5 Å². The predicted molar refractivity (Wildman–Crippen MR) is 122 cm³/mol. The summed E-state index contributed by atoms with van der Waals surface area (Å²) in [4.78, 5) is 16.7. The highest BCUT2D eigenvalue weighted by atomic mass is 32.1. The first-order valence-electron chi connectivity index (χ1n) is 9.72. The number of benzene rings is 1. The molecule has 1 aromatic carbocycles.